The topological polar surface area (TPSA) is 32.3 Å². The van der Waals surface area contributed by atoms with Crippen molar-refractivity contribution in [1.82, 2.24) is 5.32 Å². The number of benzene rings is 1. The van der Waals surface area contributed by atoms with Crippen molar-refractivity contribution in [1.29, 1.82) is 0 Å². The summed E-state index contributed by atoms with van der Waals surface area (Å²) < 4.78 is 0. The van der Waals surface area contributed by atoms with Crippen molar-refractivity contribution in [3.63, 3.8) is 0 Å². The molecule has 0 aromatic heterocycles. The molecule has 1 aliphatic heterocycles. The maximum atomic E-state index is 9.14. The lowest BCUT2D eigenvalue weighted by molar-refractivity contribution is 0.458. The predicted octanol–water partition coefficient (Wildman–Crippen LogP) is 1.86. The summed E-state index contributed by atoms with van der Waals surface area (Å²) in [4.78, 5) is 0. The summed E-state index contributed by atoms with van der Waals surface area (Å²) in [6.45, 7) is 2.22. The molecule has 0 amide bonds. The van der Waals surface area contributed by atoms with E-state index in [1.165, 1.54) is 18.4 Å². The molecule has 1 aliphatic rings. The summed E-state index contributed by atoms with van der Waals surface area (Å²) in [5.74, 6) is 0.988. The highest BCUT2D eigenvalue weighted by molar-refractivity contribution is 5.28. The summed E-state index contributed by atoms with van der Waals surface area (Å²) in [5.41, 5.74) is 1.34. The van der Waals surface area contributed by atoms with Crippen LogP contribution >= 0.6 is 0 Å². The maximum Gasteiger partial charge on any atom is 0.115 e. The van der Waals surface area contributed by atoms with Gasteiger partial charge in [0.05, 0.1) is 0 Å². The minimum absolute atomic E-state index is 0.354. The van der Waals surface area contributed by atoms with Crippen LogP contribution in [-0.2, 0) is 0 Å². The molecule has 0 radical (unpaired) electrons. The molecule has 1 saturated heterocycles. The maximum absolute atomic E-state index is 9.14. The minimum Gasteiger partial charge on any atom is -0.508 e. The van der Waals surface area contributed by atoms with Crippen LogP contribution in [0.25, 0.3) is 0 Å². The lowest BCUT2D eigenvalue weighted by Crippen LogP contribution is -2.28. The van der Waals surface area contributed by atoms with Crippen LogP contribution in [0.3, 0.4) is 0 Å². The van der Waals surface area contributed by atoms with Crippen LogP contribution in [0.1, 0.15) is 24.3 Å². The Morgan fingerprint density at radius 2 is 2.00 bits per heavy atom. The highest BCUT2D eigenvalue weighted by Crippen LogP contribution is 2.24. The van der Waals surface area contributed by atoms with Gasteiger partial charge in [0.25, 0.3) is 0 Å². The molecular weight excluding hydrogens is 162 g/mol. The molecule has 2 heteroatoms. The van der Waals surface area contributed by atoms with Crippen LogP contribution in [-0.4, -0.2) is 18.2 Å². The van der Waals surface area contributed by atoms with Crippen LogP contribution in [0, 0.1) is 0 Å². The van der Waals surface area contributed by atoms with Gasteiger partial charge in [0.15, 0.2) is 0 Å². The van der Waals surface area contributed by atoms with Gasteiger partial charge in [0.2, 0.25) is 0 Å². The van der Waals surface area contributed by atoms with Crippen molar-refractivity contribution in [2.75, 3.05) is 13.1 Å². The van der Waals surface area contributed by atoms with Crippen molar-refractivity contribution in [3.8, 4) is 5.75 Å². The Hall–Kier alpha value is -1.02. The van der Waals surface area contributed by atoms with Gasteiger partial charge in [-0.3, -0.25) is 0 Å². The van der Waals surface area contributed by atoms with Gasteiger partial charge < -0.3 is 10.4 Å². The molecule has 0 spiro atoms. The lowest BCUT2D eigenvalue weighted by atomic mass is 9.92. The van der Waals surface area contributed by atoms with Crippen LogP contribution in [0.2, 0.25) is 0 Å². The standard InChI is InChI=1S/C11H15NO/c13-11-5-3-9(4-6-11)10-2-1-7-12-8-10/h3-6,10,12-13H,1-2,7-8H2. The number of phenolic OH excluding ortho intramolecular Hbond substituents is 1. The third-order valence-corrected chi connectivity index (χ3v) is 2.66. The van der Waals surface area contributed by atoms with Gasteiger partial charge in [-0.15, -0.1) is 0 Å². The highest BCUT2D eigenvalue weighted by Gasteiger charge is 2.14. The quantitative estimate of drug-likeness (QED) is 0.686. The van der Waals surface area contributed by atoms with Crippen LogP contribution in [0.4, 0.5) is 0 Å². The van der Waals surface area contributed by atoms with Crippen molar-refractivity contribution in [3.05, 3.63) is 29.8 Å². The average molecular weight is 177 g/mol. The number of piperidine rings is 1. The molecule has 2 rings (SSSR count). The molecular formula is C11H15NO. The molecule has 0 aliphatic carbocycles. The third kappa shape index (κ3) is 2.01. The number of nitrogens with one attached hydrogen (secondary N) is 1. The lowest BCUT2D eigenvalue weighted by Gasteiger charge is -2.22. The van der Waals surface area contributed by atoms with E-state index in [1.807, 2.05) is 12.1 Å². The first-order chi connectivity index (χ1) is 6.36. The van der Waals surface area contributed by atoms with E-state index in [0.717, 1.165) is 13.1 Å². The molecule has 70 valence electrons. The summed E-state index contributed by atoms with van der Waals surface area (Å²) in [7, 11) is 0. The Kier molecular flexibility index (Phi) is 2.50. The Morgan fingerprint density at radius 1 is 1.23 bits per heavy atom. The molecule has 1 unspecified atom stereocenters. The first-order valence-corrected chi connectivity index (χ1v) is 4.86. The van der Waals surface area contributed by atoms with Crippen molar-refractivity contribution in [2.24, 2.45) is 0 Å². The molecule has 2 N–H and O–H groups in total. The average Bonchev–Trinajstić information content (AvgIpc) is 2.20. The van der Waals surface area contributed by atoms with E-state index in [4.69, 9.17) is 5.11 Å². The fourth-order valence-electron chi connectivity index (χ4n) is 1.88. The number of rotatable bonds is 1. The predicted molar refractivity (Wildman–Crippen MR) is 53.0 cm³/mol. The van der Waals surface area contributed by atoms with Gasteiger partial charge >= 0.3 is 0 Å². The monoisotopic (exact) mass is 177 g/mol. The van der Waals surface area contributed by atoms with Gasteiger partial charge in [-0.2, -0.15) is 0 Å². The van der Waals surface area contributed by atoms with Gasteiger partial charge in [-0.05, 0) is 43.0 Å². The minimum atomic E-state index is 0.354. The van der Waals surface area contributed by atoms with Gasteiger partial charge in [-0.1, -0.05) is 12.1 Å². The molecule has 1 aromatic rings. The first-order valence-electron chi connectivity index (χ1n) is 4.86. The van der Waals surface area contributed by atoms with E-state index in [-0.39, 0.29) is 0 Å². The molecule has 0 bridgehead atoms. The fourth-order valence-corrected chi connectivity index (χ4v) is 1.88. The molecule has 1 atom stereocenters. The zero-order valence-corrected chi connectivity index (χ0v) is 7.66. The smallest absolute Gasteiger partial charge is 0.115 e. The summed E-state index contributed by atoms with van der Waals surface area (Å²) >= 11 is 0. The van der Waals surface area contributed by atoms with E-state index in [9.17, 15) is 0 Å². The molecule has 2 nitrogen and oxygen atoms in total. The molecule has 1 heterocycles. The largest absolute Gasteiger partial charge is 0.508 e. The van der Waals surface area contributed by atoms with Crippen LogP contribution in [0.5, 0.6) is 5.75 Å². The van der Waals surface area contributed by atoms with Gasteiger partial charge in [0.1, 0.15) is 5.75 Å². The number of phenols is 1. The van der Waals surface area contributed by atoms with E-state index in [1.54, 1.807) is 12.1 Å². The molecule has 13 heavy (non-hydrogen) atoms. The summed E-state index contributed by atoms with van der Waals surface area (Å²) in [6.07, 6.45) is 2.52. The Balaban J connectivity index is 2.10. The SMILES string of the molecule is Oc1ccc(C2CCCNC2)cc1. The molecule has 1 fully saturated rings. The zero-order valence-electron chi connectivity index (χ0n) is 7.66. The van der Waals surface area contributed by atoms with Gasteiger partial charge in [-0.25, -0.2) is 0 Å². The Labute approximate surface area is 78.6 Å². The molecule has 1 aromatic carbocycles. The second-order valence-corrected chi connectivity index (χ2v) is 3.63. The second-order valence-electron chi connectivity index (χ2n) is 3.63. The third-order valence-electron chi connectivity index (χ3n) is 2.66. The Bertz CT molecular complexity index is 262. The number of aromatic hydroxyl groups is 1. The molecule has 0 saturated carbocycles. The fraction of sp³-hybridized carbons (Fsp3) is 0.455. The van der Waals surface area contributed by atoms with E-state index in [0.29, 0.717) is 11.7 Å². The van der Waals surface area contributed by atoms with Crippen molar-refractivity contribution < 1.29 is 5.11 Å². The number of hydrogen-bond acceptors (Lipinski definition) is 2. The second kappa shape index (κ2) is 3.79. The highest BCUT2D eigenvalue weighted by atomic mass is 16.3. The first kappa shape index (κ1) is 8.57. The summed E-state index contributed by atoms with van der Waals surface area (Å²) in [5, 5.41) is 12.5. The van der Waals surface area contributed by atoms with E-state index < -0.39 is 0 Å². The summed E-state index contributed by atoms with van der Waals surface area (Å²) in [6, 6.07) is 7.58. The normalized spacial score (nSPS) is 22.9. The number of hydrogen-bond donors (Lipinski definition) is 2. The van der Waals surface area contributed by atoms with Crippen LogP contribution < -0.4 is 5.32 Å². The zero-order chi connectivity index (χ0) is 9.10. The van der Waals surface area contributed by atoms with Crippen molar-refractivity contribution in [2.45, 2.75) is 18.8 Å². The van der Waals surface area contributed by atoms with E-state index in [2.05, 4.69) is 5.32 Å². The Morgan fingerprint density at radius 3 is 2.62 bits per heavy atom. The van der Waals surface area contributed by atoms with E-state index >= 15 is 0 Å². The van der Waals surface area contributed by atoms with Crippen molar-refractivity contribution >= 4 is 0 Å². The van der Waals surface area contributed by atoms with Gasteiger partial charge in [0, 0.05) is 6.54 Å². The van der Waals surface area contributed by atoms with Crippen LogP contribution in [0.15, 0.2) is 24.3 Å².